The van der Waals surface area contributed by atoms with Crippen LogP contribution in [0.15, 0.2) is 54.6 Å². The Morgan fingerprint density at radius 1 is 0.906 bits per heavy atom. The van der Waals surface area contributed by atoms with E-state index in [0.717, 1.165) is 16.9 Å². The van der Waals surface area contributed by atoms with Crippen molar-refractivity contribution in [2.45, 2.75) is 45.7 Å². The normalized spacial score (nSPS) is 19.8. The van der Waals surface area contributed by atoms with Crippen molar-refractivity contribution in [2.75, 3.05) is 16.3 Å². The van der Waals surface area contributed by atoms with Crippen LogP contribution in [-0.2, 0) is 25.7 Å². The molecule has 2 aliphatic rings. The first-order chi connectivity index (χ1) is 15.4. The van der Waals surface area contributed by atoms with E-state index in [9.17, 15) is 19.2 Å². The van der Waals surface area contributed by atoms with Crippen LogP contribution in [0.5, 0.6) is 0 Å². The van der Waals surface area contributed by atoms with E-state index in [1.54, 1.807) is 9.80 Å². The van der Waals surface area contributed by atoms with Crippen molar-refractivity contribution < 1.29 is 19.2 Å². The van der Waals surface area contributed by atoms with Gasteiger partial charge < -0.3 is 9.80 Å². The molecule has 7 heteroatoms. The molecular weight excluding hydrogens is 406 g/mol. The maximum absolute atomic E-state index is 13.7. The van der Waals surface area contributed by atoms with Crippen LogP contribution >= 0.6 is 0 Å². The summed E-state index contributed by atoms with van der Waals surface area (Å²) in [5.41, 5.74) is 2.31. The highest BCUT2D eigenvalue weighted by Crippen LogP contribution is 2.43. The zero-order chi connectivity index (χ0) is 22.8. The maximum atomic E-state index is 13.7. The largest absolute Gasteiger partial charge is 0.306 e. The van der Waals surface area contributed by atoms with Gasteiger partial charge in [-0.25, -0.2) is 0 Å². The number of benzene rings is 2. The summed E-state index contributed by atoms with van der Waals surface area (Å²) in [6.07, 6.45) is 2.25. The van der Waals surface area contributed by atoms with Crippen LogP contribution in [-0.4, -0.2) is 41.1 Å². The van der Waals surface area contributed by atoms with E-state index >= 15 is 0 Å². The Kier molecular flexibility index (Phi) is 6.08. The Morgan fingerprint density at radius 2 is 1.53 bits per heavy atom. The summed E-state index contributed by atoms with van der Waals surface area (Å²) in [7, 11) is 0. The summed E-state index contributed by atoms with van der Waals surface area (Å²) >= 11 is 0. The second-order valence-corrected chi connectivity index (χ2v) is 8.39. The van der Waals surface area contributed by atoms with Gasteiger partial charge in [0.1, 0.15) is 6.54 Å². The predicted molar refractivity (Wildman–Crippen MR) is 121 cm³/mol. The summed E-state index contributed by atoms with van der Waals surface area (Å²) in [5.74, 6) is -1.61. The molecule has 0 bridgehead atoms. The molecule has 0 N–H and O–H groups in total. The molecule has 0 spiro atoms. The number of carbonyl (C=O) groups excluding carboxylic acids is 4. The Hall–Kier alpha value is -3.48. The van der Waals surface area contributed by atoms with E-state index in [1.165, 1.54) is 13.8 Å². The fourth-order valence-electron chi connectivity index (χ4n) is 4.84. The molecule has 0 saturated heterocycles. The number of carbonyl (C=O) groups is 4. The van der Waals surface area contributed by atoms with Gasteiger partial charge in [0.05, 0.1) is 23.8 Å². The first-order valence-corrected chi connectivity index (χ1v) is 10.9. The minimum atomic E-state index is -0.473. The average Bonchev–Trinajstić information content (AvgIpc) is 3.22. The van der Waals surface area contributed by atoms with Gasteiger partial charge in [-0.05, 0) is 30.5 Å². The van der Waals surface area contributed by atoms with Gasteiger partial charge in [0.15, 0.2) is 0 Å². The van der Waals surface area contributed by atoms with Crippen LogP contribution < -0.4 is 9.80 Å². The molecule has 4 rings (SSSR count). The van der Waals surface area contributed by atoms with Crippen LogP contribution in [0.25, 0.3) is 0 Å². The molecule has 166 valence electrons. The van der Waals surface area contributed by atoms with Crippen LogP contribution in [0.4, 0.5) is 11.4 Å². The molecule has 2 atom stereocenters. The van der Waals surface area contributed by atoms with E-state index in [4.69, 9.17) is 0 Å². The molecule has 0 aromatic heterocycles. The number of imide groups is 1. The number of amides is 4. The molecule has 2 aromatic rings. The number of hydrogen-bond acceptors (Lipinski definition) is 4. The molecule has 1 aliphatic heterocycles. The molecule has 2 unspecified atom stereocenters. The van der Waals surface area contributed by atoms with Crippen LogP contribution in [0, 0.1) is 5.92 Å². The summed E-state index contributed by atoms with van der Waals surface area (Å²) in [4.78, 5) is 55.4. The first kappa shape index (κ1) is 21.7. The molecular formula is C25H27N3O4. The van der Waals surface area contributed by atoms with Gasteiger partial charge >= 0.3 is 0 Å². The predicted octanol–water partition coefficient (Wildman–Crippen LogP) is 3.13. The number of anilines is 2. The Balaban J connectivity index is 1.77. The Bertz CT molecular complexity index is 1040. The van der Waals surface area contributed by atoms with Gasteiger partial charge in [-0.1, -0.05) is 48.9 Å². The van der Waals surface area contributed by atoms with Gasteiger partial charge in [0, 0.05) is 19.9 Å². The molecule has 7 nitrogen and oxygen atoms in total. The third kappa shape index (κ3) is 4.02. The molecule has 32 heavy (non-hydrogen) atoms. The van der Waals surface area contributed by atoms with Crippen molar-refractivity contribution in [1.29, 1.82) is 0 Å². The summed E-state index contributed by atoms with van der Waals surface area (Å²) in [6.45, 7) is 2.62. The number of para-hydroxylation sites is 2. The molecule has 1 heterocycles. The van der Waals surface area contributed by atoms with Crippen molar-refractivity contribution in [1.82, 2.24) is 4.90 Å². The number of hydrogen-bond donors (Lipinski definition) is 0. The smallest absolute Gasteiger partial charge is 0.247 e. The number of nitrogens with zero attached hydrogens (tertiary/aromatic N) is 3. The Labute approximate surface area is 187 Å². The summed E-state index contributed by atoms with van der Waals surface area (Å²) in [6, 6.07) is 16.9. The molecule has 0 radical (unpaired) electrons. The minimum Gasteiger partial charge on any atom is -0.306 e. The van der Waals surface area contributed by atoms with Crippen molar-refractivity contribution in [3.05, 3.63) is 60.2 Å². The van der Waals surface area contributed by atoms with E-state index in [-0.39, 0.29) is 30.3 Å². The van der Waals surface area contributed by atoms with Crippen molar-refractivity contribution >= 4 is 35.0 Å². The van der Waals surface area contributed by atoms with Crippen LogP contribution in [0.2, 0.25) is 0 Å². The highest BCUT2D eigenvalue weighted by atomic mass is 16.2. The van der Waals surface area contributed by atoms with E-state index in [0.29, 0.717) is 30.8 Å². The monoisotopic (exact) mass is 433 g/mol. The molecule has 1 saturated carbocycles. The van der Waals surface area contributed by atoms with Crippen molar-refractivity contribution in [2.24, 2.45) is 5.92 Å². The maximum Gasteiger partial charge on any atom is 0.247 e. The number of rotatable bonds is 4. The fourth-order valence-corrected chi connectivity index (χ4v) is 4.84. The molecule has 1 aliphatic carbocycles. The molecule has 2 aromatic carbocycles. The zero-order valence-corrected chi connectivity index (χ0v) is 18.4. The summed E-state index contributed by atoms with van der Waals surface area (Å²) in [5, 5.41) is 0. The first-order valence-electron chi connectivity index (χ1n) is 10.9. The SMILES string of the molecule is CC(=O)N(CC(=O)N1c2ccccc2N(Cc2ccccc2)C(=O)C2CCCC21)C(C)=O. The average molecular weight is 434 g/mol. The minimum absolute atomic E-state index is 0.00842. The standard InChI is InChI=1S/C25H27N3O4/c1-17(29)26(18(2)30)16-24(31)28-21-14-8-11-20(21)25(32)27(15-19-9-4-3-5-10-19)22-12-6-7-13-23(22)28/h3-7,9-10,12-13,20-21H,8,11,14-16H2,1-2H3. The topological polar surface area (TPSA) is 78.0 Å². The second kappa shape index (κ2) is 8.94. The van der Waals surface area contributed by atoms with Gasteiger partial charge in [-0.2, -0.15) is 0 Å². The fraction of sp³-hybridized carbons (Fsp3) is 0.360. The van der Waals surface area contributed by atoms with Crippen molar-refractivity contribution in [3.8, 4) is 0 Å². The van der Waals surface area contributed by atoms with E-state index in [2.05, 4.69) is 0 Å². The summed E-state index contributed by atoms with van der Waals surface area (Å²) < 4.78 is 0. The van der Waals surface area contributed by atoms with E-state index in [1.807, 2.05) is 54.6 Å². The van der Waals surface area contributed by atoms with Gasteiger partial charge in [0.25, 0.3) is 0 Å². The number of fused-ring (bicyclic) bond motifs is 2. The lowest BCUT2D eigenvalue weighted by atomic mass is 10.0. The van der Waals surface area contributed by atoms with E-state index < -0.39 is 11.8 Å². The molecule has 4 amide bonds. The van der Waals surface area contributed by atoms with Crippen molar-refractivity contribution in [3.63, 3.8) is 0 Å². The lowest BCUT2D eigenvalue weighted by Crippen LogP contribution is -2.50. The molecule has 1 fully saturated rings. The van der Waals surface area contributed by atoms with Gasteiger partial charge in [-0.15, -0.1) is 0 Å². The lowest BCUT2D eigenvalue weighted by molar-refractivity contribution is -0.145. The lowest BCUT2D eigenvalue weighted by Gasteiger charge is -2.32. The zero-order valence-electron chi connectivity index (χ0n) is 18.4. The quantitative estimate of drug-likeness (QED) is 0.742. The third-order valence-corrected chi connectivity index (χ3v) is 6.33. The van der Waals surface area contributed by atoms with Gasteiger partial charge in [0.2, 0.25) is 23.6 Å². The Morgan fingerprint density at radius 3 is 2.19 bits per heavy atom. The van der Waals surface area contributed by atoms with Gasteiger partial charge in [-0.3, -0.25) is 24.1 Å². The highest BCUT2D eigenvalue weighted by Gasteiger charge is 2.45. The highest BCUT2D eigenvalue weighted by molar-refractivity contribution is 6.08. The third-order valence-electron chi connectivity index (χ3n) is 6.33. The second-order valence-electron chi connectivity index (χ2n) is 8.39. The van der Waals surface area contributed by atoms with Crippen LogP contribution in [0.3, 0.4) is 0 Å². The van der Waals surface area contributed by atoms with Crippen LogP contribution in [0.1, 0.15) is 38.7 Å².